The average Bonchev–Trinajstić information content (AvgIpc) is 2.89. The van der Waals surface area contributed by atoms with Crippen molar-refractivity contribution in [2.24, 2.45) is 0 Å². The summed E-state index contributed by atoms with van der Waals surface area (Å²) >= 11 is 0. The second kappa shape index (κ2) is 18.0. The second-order valence-electron chi connectivity index (χ2n) is 13.4. The molecule has 0 aliphatic heterocycles. The maximum Gasteiger partial charge on any atom is 0.159 e. The third-order valence-corrected chi connectivity index (χ3v) is 13.3. The van der Waals surface area contributed by atoms with Crippen LogP contribution in [0.1, 0.15) is 89.5 Å². The van der Waals surface area contributed by atoms with E-state index in [0.29, 0.717) is 0 Å². The summed E-state index contributed by atoms with van der Waals surface area (Å²) in [5, 5.41) is 0. The largest absolute Gasteiger partial charge is 0.494 e. The van der Waals surface area contributed by atoms with Crippen LogP contribution in [0, 0.1) is 0 Å². The fourth-order valence-electron chi connectivity index (χ4n) is 4.88. The summed E-state index contributed by atoms with van der Waals surface area (Å²) < 4.78 is 5.99. The lowest BCUT2D eigenvalue weighted by Crippen LogP contribution is -2.30. The number of aromatic nitrogens is 2. The van der Waals surface area contributed by atoms with Crippen molar-refractivity contribution in [1.82, 2.24) is 9.97 Å². The normalized spacial score (nSPS) is 12.2. The molecule has 3 nitrogen and oxygen atoms in total. The minimum absolute atomic E-state index is 0.797. The van der Waals surface area contributed by atoms with Crippen LogP contribution in [0.5, 0.6) is 5.75 Å². The molecule has 0 N–H and O–H groups in total. The van der Waals surface area contributed by atoms with Gasteiger partial charge in [0.05, 0.1) is 6.61 Å². The van der Waals surface area contributed by atoms with E-state index in [4.69, 9.17) is 4.74 Å². The van der Waals surface area contributed by atoms with Crippen LogP contribution >= 0.6 is 0 Å². The fourth-order valence-corrected chi connectivity index (χ4v) is 12.0. The highest BCUT2D eigenvalue weighted by atomic mass is 28.3. The first-order valence-electron chi connectivity index (χ1n) is 15.7. The smallest absolute Gasteiger partial charge is 0.159 e. The zero-order chi connectivity index (χ0) is 27.7. The maximum atomic E-state index is 5.99. The molecule has 0 unspecified atom stereocenters. The Morgan fingerprint density at radius 1 is 0.632 bits per heavy atom. The van der Waals surface area contributed by atoms with Gasteiger partial charge in [-0.25, -0.2) is 9.97 Å². The van der Waals surface area contributed by atoms with E-state index < -0.39 is 16.1 Å². The van der Waals surface area contributed by atoms with Gasteiger partial charge in [0.2, 0.25) is 0 Å². The Kier molecular flexibility index (Phi) is 15.5. The Bertz CT molecular complexity index is 860. The van der Waals surface area contributed by atoms with Crippen LogP contribution in [0.3, 0.4) is 0 Å². The highest BCUT2D eigenvalue weighted by molar-refractivity contribution is 6.82. The van der Waals surface area contributed by atoms with Gasteiger partial charge < -0.3 is 4.74 Å². The molecule has 0 saturated heterocycles. The molecule has 38 heavy (non-hydrogen) atoms. The first-order chi connectivity index (χ1) is 18.2. The molecule has 0 atom stereocenters. The predicted molar refractivity (Wildman–Crippen MR) is 173 cm³/mol. The monoisotopic (exact) mass is 554 g/mol. The van der Waals surface area contributed by atoms with E-state index in [0.717, 1.165) is 36.6 Å². The molecule has 2 rings (SSSR count). The van der Waals surface area contributed by atoms with E-state index in [1.54, 1.807) is 6.04 Å². The van der Waals surface area contributed by atoms with Gasteiger partial charge in [0.1, 0.15) is 5.75 Å². The Balaban J connectivity index is 1.55. The molecule has 1 aromatic carbocycles. The zero-order valence-corrected chi connectivity index (χ0v) is 27.8. The van der Waals surface area contributed by atoms with Crippen LogP contribution in [0.4, 0.5) is 0 Å². The zero-order valence-electron chi connectivity index (χ0n) is 25.8. The van der Waals surface area contributed by atoms with Crippen molar-refractivity contribution in [3.05, 3.63) is 42.2 Å². The number of rotatable bonds is 21. The molecule has 214 valence electrons. The Morgan fingerprint density at radius 3 is 1.84 bits per heavy atom. The molecule has 0 aliphatic rings. The molecular formula is C33H58N2OSi2. The molecule has 0 spiro atoms. The number of ether oxygens (including phenoxy) is 1. The summed E-state index contributed by atoms with van der Waals surface area (Å²) in [5.74, 6) is 1.74. The van der Waals surface area contributed by atoms with Gasteiger partial charge in [-0.05, 0) is 49.1 Å². The summed E-state index contributed by atoms with van der Waals surface area (Å²) in [4.78, 5) is 9.22. The highest BCUT2D eigenvalue weighted by Gasteiger charge is 2.23. The Morgan fingerprint density at radius 2 is 1.21 bits per heavy atom. The molecule has 0 radical (unpaired) electrons. The summed E-state index contributed by atoms with van der Waals surface area (Å²) in [5.41, 5.74) is 2.29. The number of unbranched alkanes of at least 4 members (excludes halogenated alkanes) is 10. The molecule has 0 aliphatic carbocycles. The van der Waals surface area contributed by atoms with Crippen LogP contribution in [0.25, 0.3) is 11.4 Å². The molecular weight excluding hydrogens is 497 g/mol. The van der Waals surface area contributed by atoms with Gasteiger partial charge in [-0.1, -0.05) is 122 Å². The number of benzene rings is 1. The lowest BCUT2D eigenvalue weighted by molar-refractivity contribution is 0.304. The van der Waals surface area contributed by atoms with Crippen LogP contribution in [-0.4, -0.2) is 32.7 Å². The van der Waals surface area contributed by atoms with Crippen molar-refractivity contribution >= 4 is 16.1 Å². The lowest BCUT2D eigenvalue weighted by atomic mass is 10.1. The van der Waals surface area contributed by atoms with Gasteiger partial charge in [0.15, 0.2) is 5.82 Å². The minimum Gasteiger partial charge on any atom is -0.494 e. The van der Waals surface area contributed by atoms with E-state index in [1.807, 2.05) is 12.4 Å². The van der Waals surface area contributed by atoms with E-state index >= 15 is 0 Å². The van der Waals surface area contributed by atoms with Crippen molar-refractivity contribution in [2.75, 3.05) is 6.61 Å². The molecule has 1 heterocycles. The molecule has 5 heteroatoms. The topological polar surface area (TPSA) is 35.0 Å². The fraction of sp³-hybridized carbons (Fsp3) is 0.697. The van der Waals surface area contributed by atoms with Gasteiger partial charge in [-0.15, -0.1) is 0 Å². The van der Waals surface area contributed by atoms with Crippen molar-refractivity contribution in [2.45, 2.75) is 141 Å². The van der Waals surface area contributed by atoms with Gasteiger partial charge in [0, 0.05) is 34.1 Å². The lowest BCUT2D eigenvalue weighted by Gasteiger charge is -2.26. The first kappa shape index (κ1) is 32.7. The number of hydrogen-bond donors (Lipinski definition) is 0. The van der Waals surface area contributed by atoms with Crippen LogP contribution in [-0.2, 0) is 6.42 Å². The summed E-state index contributed by atoms with van der Waals surface area (Å²) in [7, 11) is -1.84. The molecule has 0 bridgehead atoms. The third kappa shape index (κ3) is 15.2. The Hall–Kier alpha value is -1.47. The second-order valence-corrected chi connectivity index (χ2v) is 24.4. The average molecular weight is 555 g/mol. The number of hydrogen-bond acceptors (Lipinski definition) is 3. The molecule has 1 aromatic heterocycles. The van der Waals surface area contributed by atoms with Crippen molar-refractivity contribution in [3.8, 4) is 17.1 Å². The molecule has 0 amide bonds. The van der Waals surface area contributed by atoms with Gasteiger partial charge in [-0.2, -0.15) is 0 Å². The van der Waals surface area contributed by atoms with Crippen molar-refractivity contribution < 1.29 is 4.74 Å². The molecule has 0 saturated carbocycles. The van der Waals surface area contributed by atoms with Crippen LogP contribution in [0.2, 0.25) is 50.9 Å². The van der Waals surface area contributed by atoms with E-state index in [9.17, 15) is 0 Å². The number of aryl methyl sites for hydroxylation is 1. The SMILES string of the molecule is CCCCCCCCc1cnc(-c2ccc(OCCCCCCCC[Si](C)(C)CC[Si](C)(C)C)cc2)nc1. The van der Waals surface area contributed by atoms with Gasteiger partial charge in [-0.3, -0.25) is 0 Å². The van der Waals surface area contributed by atoms with Crippen LogP contribution < -0.4 is 4.74 Å². The van der Waals surface area contributed by atoms with Gasteiger partial charge in [0.25, 0.3) is 0 Å². The van der Waals surface area contributed by atoms with E-state index in [2.05, 4.69) is 73.9 Å². The van der Waals surface area contributed by atoms with E-state index in [1.165, 1.54) is 88.3 Å². The third-order valence-electron chi connectivity index (χ3n) is 7.71. The van der Waals surface area contributed by atoms with Crippen molar-refractivity contribution in [1.29, 1.82) is 0 Å². The number of nitrogens with zero attached hydrogens (tertiary/aromatic N) is 2. The summed E-state index contributed by atoms with van der Waals surface area (Å²) in [6.07, 6.45) is 21.0. The molecule has 0 fully saturated rings. The standard InChI is InChI=1S/C33H58N2OSi2/c1-7-8-9-10-13-16-19-30-28-34-33(35-29-30)31-20-22-32(23-21-31)36-24-17-14-11-12-15-18-25-38(5,6)27-26-37(2,3)4/h20-23,28-29H,7-19,24-27H2,1-6H3. The Labute approximate surface area is 237 Å². The first-order valence-corrected chi connectivity index (χ1v) is 22.8. The van der Waals surface area contributed by atoms with Gasteiger partial charge >= 0.3 is 0 Å². The van der Waals surface area contributed by atoms with E-state index in [-0.39, 0.29) is 0 Å². The van der Waals surface area contributed by atoms with Crippen molar-refractivity contribution in [3.63, 3.8) is 0 Å². The summed E-state index contributed by atoms with van der Waals surface area (Å²) in [6, 6.07) is 12.8. The highest BCUT2D eigenvalue weighted by Crippen LogP contribution is 2.26. The summed E-state index contributed by atoms with van der Waals surface area (Å²) in [6.45, 7) is 15.8. The molecule has 2 aromatic rings. The van der Waals surface area contributed by atoms with Crippen LogP contribution in [0.15, 0.2) is 36.7 Å². The maximum absolute atomic E-state index is 5.99. The minimum atomic E-state index is -0.964. The quantitative estimate of drug-likeness (QED) is 0.114. The predicted octanol–water partition coefficient (Wildman–Crippen LogP) is 10.8.